The number of piperazine rings is 1. The fraction of sp³-hybridized carbons (Fsp3) is 0.421. The number of hydrogen-bond donors (Lipinski definition) is 3. The molecule has 21 heteroatoms. The Morgan fingerprint density at radius 3 is 2.27 bits per heavy atom. The summed E-state index contributed by atoms with van der Waals surface area (Å²) in [5.41, 5.74) is 1.56. The number of nitrogens with one attached hydrogen (secondary N) is 3. The van der Waals surface area contributed by atoms with Crippen molar-refractivity contribution in [3.8, 4) is 0 Å². The van der Waals surface area contributed by atoms with E-state index in [1.165, 1.54) is 30.4 Å². The van der Waals surface area contributed by atoms with Crippen molar-refractivity contribution in [1.82, 2.24) is 35.1 Å². The zero-order chi connectivity index (χ0) is 41.9. The number of alkyl halides is 3. The van der Waals surface area contributed by atoms with Gasteiger partial charge in [0.1, 0.15) is 22.9 Å². The van der Waals surface area contributed by atoms with Crippen LogP contribution in [0.25, 0.3) is 0 Å². The molecule has 314 valence electrons. The molecule has 3 N–H and O–H groups in total. The SMILES string of the molecule is CN(c1nccnc1CNc1nc(Nc2ccc(N3CCC(N4CCN(Cc5ccc(N6CCC(=O)NC6=O)cc5F)CC4)CC3)cc2)ncc1C(F)(F)F)S(C)(=O)=O. The molecule has 5 heterocycles. The third-order valence-corrected chi connectivity index (χ3v) is 11.9. The van der Waals surface area contributed by atoms with E-state index in [1.807, 2.05) is 24.3 Å². The molecule has 0 radical (unpaired) electrons. The Bertz CT molecular complexity index is 2270. The number of rotatable bonds is 12. The van der Waals surface area contributed by atoms with E-state index < -0.39 is 33.6 Å². The third kappa shape index (κ3) is 9.97. The molecule has 2 aromatic carbocycles. The molecule has 3 fully saturated rings. The number of benzene rings is 2. The number of aromatic nitrogens is 4. The van der Waals surface area contributed by atoms with Crippen LogP contribution in [0.2, 0.25) is 0 Å². The summed E-state index contributed by atoms with van der Waals surface area (Å²) in [6, 6.07) is 12.2. The standard InChI is InChI=1S/C38H44F4N12O4S/c1-50(59(2,57)58)35-32(43-12-13-44-35)23-45-34-30(38(40,41)42)22-46-36(49-34)47-26-4-7-27(8-5-26)52-14-9-28(10-15-52)53-19-17-51(18-20-53)24-25-3-6-29(21-31(25)39)54-16-11-33(55)48-37(54)56/h3-8,12-13,21-22,28H,9-11,14-20,23-24H2,1-2H3,(H,48,55,56)(H2,45,46,47,49). The summed E-state index contributed by atoms with van der Waals surface area (Å²) in [7, 11) is -2.43. The summed E-state index contributed by atoms with van der Waals surface area (Å²) < 4.78 is 81.9. The highest BCUT2D eigenvalue weighted by Crippen LogP contribution is 2.35. The summed E-state index contributed by atoms with van der Waals surface area (Å²) in [4.78, 5) is 48.2. The summed E-state index contributed by atoms with van der Waals surface area (Å²) in [6.45, 7) is 5.44. The van der Waals surface area contributed by atoms with Gasteiger partial charge in [-0.15, -0.1) is 0 Å². The number of carbonyl (C=O) groups excluding carboxylic acids is 2. The van der Waals surface area contributed by atoms with Crippen LogP contribution in [-0.2, 0) is 34.1 Å². The van der Waals surface area contributed by atoms with E-state index in [1.54, 1.807) is 12.1 Å². The molecule has 3 amide bonds. The minimum absolute atomic E-state index is 0.0328. The second-order valence-corrected chi connectivity index (χ2v) is 16.6. The van der Waals surface area contributed by atoms with Crippen molar-refractivity contribution in [3.05, 3.63) is 83.7 Å². The molecule has 0 saturated carbocycles. The smallest absolute Gasteiger partial charge is 0.371 e. The molecule has 3 aliphatic heterocycles. The first-order valence-electron chi connectivity index (χ1n) is 19.0. The van der Waals surface area contributed by atoms with Crippen LogP contribution < -0.4 is 30.1 Å². The zero-order valence-electron chi connectivity index (χ0n) is 32.4. The number of amides is 3. The van der Waals surface area contributed by atoms with Crippen LogP contribution >= 0.6 is 0 Å². The van der Waals surface area contributed by atoms with E-state index >= 15 is 4.39 Å². The highest BCUT2D eigenvalue weighted by Gasteiger charge is 2.36. The number of urea groups is 1. The molecule has 0 unspecified atom stereocenters. The first-order valence-corrected chi connectivity index (χ1v) is 20.9. The van der Waals surface area contributed by atoms with Crippen LogP contribution in [0, 0.1) is 5.82 Å². The van der Waals surface area contributed by atoms with Crippen LogP contribution in [-0.4, -0.2) is 115 Å². The number of nitrogens with zero attached hydrogens (tertiary/aromatic N) is 9. The molecule has 3 aliphatic rings. The van der Waals surface area contributed by atoms with Crippen molar-refractivity contribution in [2.24, 2.45) is 0 Å². The molecule has 2 aromatic heterocycles. The maximum absolute atomic E-state index is 15.1. The molecule has 0 atom stereocenters. The molecule has 59 heavy (non-hydrogen) atoms. The van der Waals surface area contributed by atoms with Crippen molar-refractivity contribution in [2.45, 2.75) is 44.6 Å². The lowest BCUT2D eigenvalue weighted by atomic mass is 10.0. The number of imide groups is 1. The minimum Gasteiger partial charge on any atom is -0.371 e. The molecule has 16 nitrogen and oxygen atoms in total. The average molecular weight is 841 g/mol. The maximum atomic E-state index is 15.1. The molecule has 4 aromatic rings. The van der Waals surface area contributed by atoms with Gasteiger partial charge in [0, 0.05) is 113 Å². The van der Waals surface area contributed by atoms with Gasteiger partial charge < -0.3 is 15.5 Å². The van der Waals surface area contributed by atoms with Crippen molar-refractivity contribution < 1.29 is 35.6 Å². The summed E-state index contributed by atoms with van der Waals surface area (Å²) in [5.74, 6) is -1.34. The largest absolute Gasteiger partial charge is 0.421 e. The Kier molecular flexibility index (Phi) is 12.1. The lowest BCUT2D eigenvalue weighted by Gasteiger charge is -2.43. The Morgan fingerprint density at radius 1 is 0.915 bits per heavy atom. The fourth-order valence-electron chi connectivity index (χ4n) is 7.40. The van der Waals surface area contributed by atoms with Gasteiger partial charge in [-0.25, -0.2) is 27.6 Å². The van der Waals surface area contributed by atoms with E-state index in [0.29, 0.717) is 35.7 Å². The van der Waals surface area contributed by atoms with E-state index in [2.05, 4.69) is 50.6 Å². The average Bonchev–Trinajstić information content (AvgIpc) is 3.21. The third-order valence-electron chi connectivity index (χ3n) is 10.7. The van der Waals surface area contributed by atoms with Crippen molar-refractivity contribution in [3.63, 3.8) is 0 Å². The quantitative estimate of drug-likeness (QED) is 0.172. The first-order chi connectivity index (χ1) is 28.1. The number of piperidine rings is 1. The Hall–Kier alpha value is -5.67. The highest BCUT2D eigenvalue weighted by molar-refractivity contribution is 7.92. The van der Waals surface area contributed by atoms with E-state index in [4.69, 9.17) is 0 Å². The van der Waals surface area contributed by atoms with E-state index in [9.17, 15) is 31.2 Å². The number of carbonyl (C=O) groups is 2. The van der Waals surface area contributed by atoms with Gasteiger partial charge in [0.05, 0.1) is 12.8 Å². The molecule has 7 rings (SSSR count). The van der Waals surface area contributed by atoms with Crippen molar-refractivity contribution in [2.75, 3.05) is 83.9 Å². The van der Waals surface area contributed by atoms with E-state index in [0.717, 1.165) is 68.4 Å². The van der Waals surface area contributed by atoms with Gasteiger partial charge >= 0.3 is 12.2 Å². The summed E-state index contributed by atoms with van der Waals surface area (Å²) in [5, 5.41) is 7.87. The molecular formula is C38H44F4N12O4S. The maximum Gasteiger partial charge on any atom is 0.421 e. The number of sulfonamides is 1. The zero-order valence-corrected chi connectivity index (χ0v) is 33.2. The van der Waals surface area contributed by atoms with Crippen LogP contribution in [0.4, 0.5) is 57.0 Å². The lowest BCUT2D eigenvalue weighted by molar-refractivity contribution is -0.137. The molecule has 0 bridgehead atoms. The lowest BCUT2D eigenvalue weighted by Crippen LogP contribution is -2.53. The predicted molar refractivity (Wildman–Crippen MR) is 213 cm³/mol. The number of hydrogen-bond acceptors (Lipinski definition) is 13. The summed E-state index contributed by atoms with van der Waals surface area (Å²) in [6.07, 6.45) is 1.61. The normalized spacial score (nSPS) is 17.5. The van der Waals surface area contributed by atoms with Gasteiger partial charge in [0.25, 0.3) is 0 Å². The van der Waals surface area contributed by atoms with Crippen LogP contribution in [0.15, 0.2) is 61.1 Å². The summed E-state index contributed by atoms with van der Waals surface area (Å²) >= 11 is 0. The van der Waals surface area contributed by atoms with E-state index in [-0.39, 0.29) is 48.7 Å². The van der Waals surface area contributed by atoms with Gasteiger partial charge in [-0.2, -0.15) is 18.2 Å². The predicted octanol–water partition coefficient (Wildman–Crippen LogP) is 4.41. The monoisotopic (exact) mass is 840 g/mol. The second-order valence-electron chi connectivity index (χ2n) is 14.6. The molecule has 0 aliphatic carbocycles. The van der Waals surface area contributed by atoms with Crippen molar-refractivity contribution >= 4 is 56.6 Å². The second kappa shape index (κ2) is 17.3. The van der Waals surface area contributed by atoms with Crippen LogP contribution in [0.3, 0.4) is 0 Å². The van der Waals surface area contributed by atoms with Gasteiger partial charge in [-0.1, -0.05) is 6.07 Å². The van der Waals surface area contributed by atoms with Gasteiger partial charge in [-0.05, 0) is 49.2 Å². The molecule has 3 saturated heterocycles. The van der Waals surface area contributed by atoms with Crippen LogP contribution in [0.1, 0.15) is 36.1 Å². The van der Waals surface area contributed by atoms with Gasteiger partial charge in [0.2, 0.25) is 21.9 Å². The molecular weight excluding hydrogens is 797 g/mol. The fourth-order valence-corrected chi connectivity index (χ4v) is 7.87. The topological polar surface area (TPSA) is 172 Å². The first kappa shape index (κ1) is 41.5. The van der Waals surface area contributed by atoms with Gasteiger partial charge in [-0.3, -0.25) is 34.1 Å². The number of halogens is 4. The minimum atomic E-state index is -4.77. The number of anilines is 6. The Balaban J connectivity index is 0.897. The van der Waals surface area contributed by atoms with Crippen LogP contribution in [0.5, 0.6) is 0 Å². The Morgan fingerprint density at radius 2 is 1.61 bits per heavy atom. The van der Waals surface area contributed by atoms with Crippen molar-refractivity contribution in [1.29, 1.82) is 0 Å². The Labute approximate surface area is 338 Å². The molecule has 0 spiro atoms. The highest BCUT2D eigenvalue weighted by atomic mass is 32.2. The van der Waals surface area contributed by atoms with Gasteiger partial charge in [0.15, 0.2) is 5.82 Å².